The third kappa shape index (κ3) is 5.15. The molecular weight excluding hydrogens is 463 g/mol. The standard InChI is InChI=1S/C29H30ClFN2O2/c1-18-3-5-20(6-4-18)21-7-9-22(10-8-21)23-11-14-27-28(15-23)35-19(2)17-33(27)29(34)32-26-13-12-24(30)16-25(26)31/h7-16,18-20H,3-6,17H2,1-2H3,(H,32,34). The van der Waals surface area contributed by atoms with Crippen molar-refractivity contribution in [3.63, 3.8) is 0 Å². The fraction of sp³-hybridized carbons (Fsp3) is 0.345. The summed E-state index contributed by atoms with van der Waals surface area (Å²) in [6.45, 7) is 4.62. The Labute approximate surface area is 211 Å². The molecule has 2 amide bonds. The zero-order valence-electron chi connectivity index (χ0n) is 20.1. The normalized spacial score (nSPS) is 21.7. The van der Waals surface area contributed by atoms with E-state index in [2.05, 4.69) is 36.5 Å². The lowest BCUT2D eigenvalue weighted by atomic mass is 9.79. The van der Waals surface area contributed by atoms with Crippen molar-refractivity contribution in [3.8, 4) is 16.9 Å². The Hall–Kier alpha value is -3.05. The van der Waals surface area contributed by atoms with Gasteiger partial charge in [-0.2, -0.15) is 0 Å². The molecule has 1 aliphatic carbocycles. The minimum absolute atomic E-state index is 0.0872. The summed E-state index contributed by atoms with van der Waals surface area (Å²) in [5.74, 6) is 1.56. The van der Waals surface area contributed by atoms with Gasteiger partial charge in [0, 0.05) is 5.02 Å². The van der Waals surface area contributed by atoms with Crippen LogP contribution in [0.25, 0.3) is 11.1 Å². The van der Waals surface area contributed by atoms with Gasteiger partial charge in [0.1, 0.15) is 17.7 Å². The number of hydrogen-bond acceptors (Lipinski definition) is 2. The highest BCUT2D eigenvalue weighted by molar-refractivity contribution is 6.30. The number of amides is 2. The van der Waals surface area contributed by atoms with E-state index in [-0.39, 0.29) is 16.8 Å². The Morgan fingerprint density at radius 1 is 0.971 bits per heavy atom. The minimum atomic E-state index is -0.575. The Balaban J connectivity index is 1.35. The molecule has 0 aromatic heterocycles. The van der Waals surface area contributed by atoms with Gasteiger partial charge in [-0.25, -0.2) is 9.18 Å². The van der Waals surface area contributed by atoms with Crippen LogP contribution < -0.4 is 15.0 Å². The summed E-state index contributed by atoms with van der Waals surface area (Å²) in [6, 6.07) is 18.5. The minimum Gasteiger partial charge on any atom is -0.487 e. The number of halogens is 2. The first-order chi connectivity index (χ1) is 16.9. The number of carbonyl (C=O) groups excluding carboxylic acids is 1. The van der Waals surface area contributed by atoms with Crippen LogP contribution in [0.4, 0.5) is 20.6 Å². The van der Waals surface area contributed by atoms with Gasteiger partial charge in [0.25, 0.3) is 0 Å². The number of rotatable bonds is 3. The number of hydrogen-bond donors (Lipinski definition) is 1. The van der Waals surface area contributed by atoms with Crippen molar-refractivity contribution >= 4 is 29.0 Å². The second-order valence-electron chi connectivity index (χ2n) is 9.85. The average Bonchev–Trinajstić information content (AvgIpc) is 2.85. The van der Waals surface area contributed by atoms with E-state index in [9.17, 15) is 9.18 Å². The Morgan fingerprint density at radius 2 is 1.69 bits per heavy atom. The predicted molar refractivity (Wildman–Crippen MR) is 140 cm³/mol. The van der Waals surface area contributed by atoms with E-state index in [0.29, 0.717) is 23.9 Å². The number of fused-ring (bicyclic) bond motifs is 1. The zero-order chi connectivity index (χ0) is 24.5. The highest BCUT2D eigenvalue weighted by Crippen LogP contribution is 2.39. The van der Waals surface area contributed by atoms with Crippen LogP contribution in [0.2, 0.25) is 5.02 Å². The number of benzene rings is 3. The molecule has 1 atom stereocenters. The van der Waals surface area contributed by atoms with E-state index < -0.39 is 11.8 Å². The SMILES string of the molecule is CC1CCC(c2ccc(-c3ccc4c(c3)OC(C)CN4C(=O)Nc3ccc(Cl)cc3F)cc2)CC1. The number of anilines is 2. The maximum atomic E-state index is 14.2. The van der Waals surface area contributed by atoms with E-state index in [1.54, 1.807) is 11.0 Å². The molecule has 1 N–H and O–H groups in total. The van der Waals surface area contributed by atoms with Crippen molar-refractivity contribution < 1.29 is 13.9 Å². The van der Waals surface area contributed by atoms with Gasteiger partial charge in [-0.05, 0) is 78.6 Å². The molecule has 182 valence electrons. The molecular formula is C29H30ClFN2O2. The zero-order valence-corrected chi connectivity index (χ0v) is 20.8. The molecule has 2 aliphatic rings. The van der Waals surface area contributed by atoms with Crippen LogP contribution in [0.15, 0.2) is 60.7 Å². The number of ether oxygens (including phenoxy) is 1. The monoisotopic (exact) mass is 492 g/mol. The van der Waals surface area contributed by atoms with Gasteiger partial charge >= 0.3 is 6.03 Å². The number of carbonyl (C=O) groups is 1. The highest BCUT2D eigenvalue weighted by atomic mass is 35.5. The third-order valence-corrected chi connectivity index (χ3v) is 7.40. The summed E-state index contributed by atoms with van der Waals surface area (Å²) in [6.07, 6.45) is 4.95. The van der Waals surface area contributed by atoms with E-state index in [1.807, 2.05) is 25.1 Å². The molecule has 35 heavy (non-hydrogen) atoms. The van der Waals surface area contributed by atoms with Crippen molar-refractivity contribution in [1.29, 1.82) is 0 Å². The summed E-state index contributed by atoms with van der Waals surface area (Å²) >= 11 is 5.83. The molecule has 0 bridgehead atoms. The first-order valence-electron chi connectivity index (χ1n) is 12.3. The van der Waals surface area contributed by atoms with Gasteiger partial charge in [-0.3, -0.25) is 4.90 Å². The summed E-state index contributed by atoms with van der Waals surface area (Å²) < 4.78 is 20.3. The summed E-state index contributed by atoms with van der Waals surface area (Å²) in [7, 11) is 0. The lowest BCUT2D eigenvalue weighted by Crippen LogP contribution is -2.44. The molecule has 6 heteroatoms. The van der Waals surface area contributed by atoms with Crippen LogP contribution in [0.1, 0.15) is 51.0 Å². The number of urea groups is 1. The van der Waals surface area contributed by atoms with Crippen LogP contribution in [-0.2, 0) is 0 Å². The molecule has 1 saturated carbocycles. The summed E-state index contributed by atoms with van der Waals surface area (Å²) in [5, 5.41) is 2.93. The van der Waals surface area contributed by atoms with Gasteiger partial charge < -0.3 is 10.1 Å². The van der Waals surface area contributed by atoms with Gasteiger partial charge in [0.05, 0.1) is 17.9 Å². The van der Waals surface area contributed by atoms with Crippen molar-refractivity contribution in [2.75, 3.05) is 16.8 Å². The second-order valence-corrected chi connectivity index (χ2v) is 10.3. The number of nitrogens with one attached hydrogen (secondary N) is 1. The van der Waals surface area contributed by atoms with Crippen molar-refractivity contribution in [2.24, 2.45) is 5.92 Å². The molecule has 3 aromatic carbocycles. The maximum absolute atomic E-state index is 14.2. The molecule has 1 heterocycles. The van der Waals surface area contributed by atoms with Crippen molar-refractivity contribution in [2.45, 2.75) is 51.6 Å². The van der Waals surface area contributed by atoms with Crippen LogP contribution in [0.3, 0.4) is 0 Å². The molecule has 5 rings (SSSR count). The second kappa shape index (κ2) is 9.90. The molecule has 4 nitrogen and oxygen atoms in total. The Kier molecular flexibility index (Phi) is 6.70. The largest absolute Gasteiger partial charge is 0.487 e. The van der Waals surface area contributed by atoms with Crippen LogP contribution >= 0.6 is 11.6 Å². The molecule has 0 saturated heterocycles. The van der Waals surface area contributed by atoms with Gasteiger partial charge in [0.15, 0.2) is 0 Å². The summed E-state index contributed by atoms with van der Waals surface area (Å²) in [5.41, 5.74) is 4.31. The maximum Gasteiger partial charge on any atom is 0.326 e. The van der Waals surface area contributed by atoms with Gasteiger partial charge in [-0.1, -0.05) is 61.7 Å². The Morgan fingerprint density at radius 3 is 2.40 bits per heavy atom. The average molecular weight is 493 g/mol. The van der Waals surface area contributed by atoms with Crippen LogP contribution in [-0.4, -0.2) is 18.7 Å². The molecule has 0 radical (unpaired) electrons. The third-order valence-electron chi connectivity index (χ3n) is 7.17. The first kappa shape index (κ1) is 23.7. The fourth-order valence-corrected chi connectivity index (χ4v) is 5.29. The van der Waals surface area contributed by atoms with Crippen LogP contribution in [0.5, 0.6) is 5.75 Å². The molecule has 1 fully saturated rings. The van der Waals surface area contributed by atoms with Crippen molar-refractivity contribution in [3.05, 3.63) is 77.1 Å². The molecule has 0 spiro atoms. The first-order valence-corrected chi connectivity index (χ1v) is 12.7. The topological polar surface area (TPSA) is 41.6 Å². The van der Waals surface area contributed by atoms with Gasteiger partial charge in [-0.15, -0.1) is 0 Å². The van der Waals surface area contributed by atoms with E-state index in [4.69, 9.17) is 16.3 Å². The lowest BCUT2D eigenvalue weighted by molar-refractivity contribution is 0.209. The Bertz CT molecular complexity index is 1220. The van der Waals surface area contributed by atoms with Gasteiger partial charge in [0.2, 0.25) is 0 Å². The number of nitrogens with zero attached hydrogens (tertiary/aromatic N) is 1. The molecule has 3 aromatic rings. The lowest BCUT2D eigenvalue weighted by Gasteiger charge is -2.33. The van der Waals surface area contributed by atoms with Crippen LogP contribution in [0, 0.1) is 11.7 Å². The van der Waals surface area contributed by atoms with Crippen molar-refractivity contribution in [1.82, 2.24) is 0 Å². The van der Waals surface area contributed by atoms with E-state index in [1.165, 1.54) is 43.4 Å². The smallest absolute Gasteiger partial charge is 0.326 e. The van der Waals surface area contributed by atoms with E-state index >= 15 is 0 Å². The molecule has 1 aliphatic heterocycles. The highest BCUT2D eigenvalue weighted by Gasteiger charge is 2.28. The predicted octanol–water partition coefficient (Wildman–Crippen LogP) is 8.26. The fourth-order valence-electron chi connectivity index (χ4n) is 5.13. The van der Waals surface area contributed by atoms with E-state index in [0.717, 1.165) is 17.0 Å². The molecule has 1 unspecified atom stereocenters. The quantitative estimate of drug-likeness (QED) is 0.399. The summed E-state index contributed by atoms with van der Waals surface area (Å²) in [4.78, 5) is 14.6.